The van der Waals surface area contributed by atoms with Gasteiger partial charge in [-0.05, 0) is 44.0 Å². The number of hydrogen-bond acceptors (Lipinski definition) is 4. The maximum absolute atomic E-state index is 14.4. The number of nitrogens with two attached hydrogens (primary N) is 1. The third-order valence-electron chi connectivity index (χ3n) is 5.04. The van der Waals surface area contributed by atoms with E-state index in [0.29, 0.717) is 24.9 Å². The summed E-state index contributed by atoms with van der Waals surface area (Å²) in [5, 5.41) is 5.65. The molecule has 162 valence electrons. The summed E-state index contributed by atoms with van der Waals surface area (Å²) in [6.45, 7) is 0.396. The van der Waals surface area contributed by atoms with E-state index in [2.05, 4.69) is 5.10 Å². The van der Waals surface area contributed by atoms with Crippen molar-refractivity contribution >= 4 is 36.6 Å². The molecule has 0 bridgehead atoms. The van der Waals surface area contributed by atoms with Crippen molar-refractivity contribution in [1.82, 2.24) is 5.01 Å². The van der Waals surface area contributed by atoms with Crippen LogP contribution in [-0.2, 0) is 15.3 Å². The van der Waals surface area contributed by atoms with Crippen molar-refractivity contribution in [2.75, 3.05) is 6.54 Å². The van der Waals surface area contributed by atoms with Crippen LogP contribution in [0.5, 0.6) is 0 Å². The maximum atomic E-state index is 14.4. The van der Waals surface area contributed by atoms with Gasteiger partial charge in [0.25, 0.3) is 0 Å². The first-order valence-electron chi connectivity index (χ1n) is 9.38. The largest absolute Gasteiger partial charge is 0.443 e. The molecule has 0 radical (unpaired) electrons. The summed E-state index contributed by atoms with van der Waals surface area (Å²) in [5.41, 5.74) is 5.10. The van der Waals surface area contributed by atoms with Gasteiger partial charge < -0.3 is 10.5 Å². The van der Waals surface area contributed by atoms with E-state index in [0.717, 1.165) is 31.0 Å². The van der Waals surface area contributed by atoms with Crippen molar-refractivity contribution in [1.29, 1.82) is 0 Å². The Morgan fingerprint density at radius 3 is 2.50 bits per heavy atom. The average molecular weight is 458 g/mol. The fourth-order valence-corrected chi connectivity index (χ4v) is 3.42. The molecular weight excluding hydrogens is 435 g/mol. The Kier molecular flexibility index (Phi) is 7.80. The summed E-state index contributed by atoms with van der Waals surface area (Å²) >= 11 is 0. The second kappa shape index (κ2) is 9.73. The lowest BCUT2D eigenvalue weighted by molar-refractivity contribution is -0.154. The van der Waals surface area contributed by atoms with Crippen LogP contribution in [0.3, 0.4) is 0 Å². The fraction of sp³-hybridized carbons (Fsp3) is 0.333. The zero-order valence-electron chi connectivity index (χ0n) is 16.1. The van der Waals surface area contributed by atoms with E-state index in [1.54, 1.807) is 0 Å². The molecule has 5 nitrogen and oxygen atoms in total. The summed E-state index contributed by atoms with van der Waals surface area (Å²) in [6, 6.07) is 12.3. The lowest BCUT2D eigenvalue weighted by atomic mass is 9.96. The number of benzene rings is 2. The monoisotopic (exact) mass is 457 g/mol. The predicted octanol–water partition coefficient (Wildman–Crippen LogP) is 4.33. The molecule has 0 spiro atoms. The van der Waals surface area contributed by atoms with Gasteiger partial charge in [0.15, 0.2) is 0 Å². The van der Waals surface area contributed by atoms with E-state index >= 15 is 0 Å². The Bertz CT molecular complexity index is 926. The third-order valence-corrected chi connectivity index (χ3v) is 5.04. The second-order valence-electron chi connectivity index (χ2n) is 7.10. The van der Waals surface area contributed by atoms with Crippen LogP contribution in [0, 0.1) is 17.6 Å². The number of amides is 1. The van der Waals surface area contributed by atoms with E-state index in [-0.39, 0.29) is 48.1 Å². The minimum atomic E-state index is -1.23. The van der Waals surface area contributed by atoms with E-state index in [1.165, 1.54) is 5.01 Å². The van der Waals surface area contributed by atoms with Crippen molar-refractivity contribution in [2.24, 2.45) is 16.8 Å². The standard InChI is InChI=1S/C21H21F2N3O2.2ClH/c22-16-9-10-18(23)17(13-16)19-25-26(20(27)14-7-8-14)21(28-19,11-4-12-24)15-5-2-1-3-6-15;;/h1-3,5-6,9-10,13-14H,4,7-8,11-12,24H2;2*1H. The van der Waals surface area contributed by atoms with E-state index in [1.807, 2.05) is 30.3 Å². The first-order valence-corrected chi connectivity index (χ1v) is 9.38. The molecular formula is C21H23Cl2F2N3O2. The normalized spacial score (nSPS) is 20.0. The van der Waals surface area contributed by atoms with E-state index < -0.39 is 17.4 Å². The van der Waals surface area contributed by atoms with Crippen LogP contribution in [0.1, 0.15) is 36.8 Å². The van der Waals surface area contributed by atoms with Gasteiger partial charge in [-0.25, -0.2) is 8.78 Å². The zero-order valence-corrected chi connectivity index (χ0v) is 17.7. The van der Waals surface area contributed by atoms with Crippen LogP contribution in [0.4, 0.5) is 8.78 Å². The quantitative estimate of drug-likeness (QED) is 0.701. The number of rotatable bonds is 6. The van der Waals surface area contributed by atoms with Gasteiger partial charge >= 0.3 is 0 Å². The molecule has 1 fully saturated rings. The number of hydrogen-bond donors (Lipinski definition) is 1. The van der Waals surface area contributed by atoms with Crippen LogP contribution >= 0.6 is 24.8 Å². The molecule has 0 aromatic heterocycles. The summed E-state index contributed by atoms with van der Waals surface area (Å²) in [6.07, 6.45) is 2.53. The van der Waals surface area contributed by atoms with Gasteiger partial charge in [-0.1, -0.05) is 30.3 Å². The molecule has 0 saturated heterocycles. The van der Waals surface area contributed by atoms with Crippen LogP contribution < -0.4 is 5.73 Å². The van der Waals surface area contributed by atoms with Crippen molar-refractivity contribution in [3.63, 3.8) is 0 Å². The highest BCUT2D eigenvalue weighted by Gasteiger charge is 2.52. The molecule has 1 heterocycles. The first kappa shape index (κ1) is 24.1. The Morgan fingerprint density at radius 2 is 1.87 bits per heavy atom. The average Bonchev–Trinajstić information content (AvgIpc) is 3.49. The Hall–Kier alpha value is -2.22. The number of hydrazone groups is 1. The van der Waals surface area contributed by atoms with Gasteiger partial charge in [0.05, 0.1) is 5.56 Å². The number of ether oxygens (including phenoxy) is 1. The highest BCUT2D eigenvalue weighted by atomic mass is 35.5. The Balaban J connectivity index is 0.00000160. The molecule has 4 rings (SSSR count). The topological polar surface area (TPSA) is 67.9 Å². The van der Waals surface area contributed by atoms with Gasteiger partial charge in [0.2, 0.25) is 17.5 Å². The first-order chi connectivity index (χ1) is 13.5. The second-order valence-corrected chi connectivity index (χ2v) is 7.10. The van der Waals surface area contributed by atoms with Crippen LogP contribution in [0.15, 0.2) is 53.6 Å². The van der Waals surface area contributed by atoms with Gasteiger partial charge in [0, 0.05) is 17.9 Å². The molecule has 1 unspecified atom stereocenters. The summed E-state index contributed by atoms with van der Waals surface area (Å²) < 4.78 is 34.3. The van der Waals surface area contributed by atoms with Crippen molar-refractivity contribution in [3.8, 4) is 0 Å². The number of carbonyl (C=O) groups is 1. The molecule has 1 aliphatic carbocycles. The highest BCUT2D eigenvalue weighted by Crippen LogP contribution is 2.44. The molecule has 2 N–H and O–H groups in total. The molecule has 2 aromatic rings. The molecule has 2 aromatic carbocycles. The molecule has 2 aliphatic rings. The smallest absolute Gasteiger partial charge is 0.249 e. The molecule has 1 aliphatic heterocycles. The summed E-state index contributed by atoms with van der Waals surface area (Å²) in [4.78, 5) is 13.0. The maximum Gasteiger partial charge on any atom is 0.249 e. The predicted molar refractivity (Wildman–Crippen MR) is 114 cm³/mol. The van der Waals surface area contributed by atoms with Gasteiger partial charge in [-0.15, -0.1) is 29.9 Å². The van der Waals surface area contributed by atoms with Crippen LogP contribution in [-0.4, -0.2) is 23.4 Å². The van der Waals surface area contributed by atoms with Gasteiger partial charge in [-0.2, -0.15) is 5.01 Å². The third kappa shape index (κ3) is 4.43. The SMILES string of the molecule is Cl.Cl.NCCCC1(c2ccccc2)OC(c2cc(F)ccc2F)=NN1C(=O)C1CC1. The molecule has 30 heavy (non-hydrogen) atoms. The Labute approximate surface area is 186 Å². The van der Waals surface area contributed by atoms with Gasteiger partial charge in [-0.3, -0.25) is 4.79 Å². The number of halogens is 4. The molecule has 1 atom stereocenters. The fourth-order valence-electron chi connectivity index (χ4n) is 3.42. The van der Waals surface area contributed by atoms with Crippen molar-refractivity contribution < 1.29 is 18.3 Å². The Morgan fingerprint density at radius 1 is 1.17 bits per heavy atom. The molecule has 1 saturated carbocycles. The highest BCUT2D eigenvalue weighted by molar-refractivity contribution is 5.97. The van der Waals surface area contributed by atoms with Crippen molar-refractivity contribution in [3.05, 3.63) is 71.3 Å². The lowest BCUT2D eigenvalue weighted by Gasteiger charge is -2.35. The van der Waals surface area contributed by atoms with Crippen molar-refractivity contribution in [2.45, 2.75) is 31.4 Å². The van der Waals surface area contributed by atoms with Gasteiger partial charge in [0.1, 0.15) is 11.6 Å². The number of carbonyl (C=O) groups excluding carboxylic acids is 1. The molecule has 9 heteroatoms. The minimum absolute atomic E-state index is 0. The van der Waals surface area contributed by atoms with E-state index in [9.17, 15) is 13.6 Å². The summed E-state index contributed by atoms with van der Waals surface area (Å²) in [5.74, 6) is -1.67. The zero-order chi connectivity index (χ0) is 19.7. The van der Waals surface area contributed by atoms with Crippen LogP contribution in [0.25, 0.3) is 0 Å². The summed E-state index contributed by atoms with van der Waals surface area (Å²) in [7, 11) is 0. The molecule has 1 amide bonds. The minimum Gasteiger partial charge on any atom is -0.443 e. The lowest BCUT2D eigenvalue weighted by Crippen LogP contribution is -2.46. The van der Waals surface area contributed by atoms with E-state index in [4.69, 9.17) is 10.5 Å². The number of nitrogens with zero attached hydrogens (tertiary/aromatic N) is 2. The van der Waals surface area contributed by atoms with Crippen LogP contribution in [0.2, 0.25) is 0 Å².